The first-order chi connectivity index (χ1) is 12.2. The van der Waals surface area contributed by atoms with Crippen LogP contribution in [0.15, 0.2) is 59.7 Å². The van der Waals surface area contributed by atoms with E-state index in [2.05, 4.69) is 9.98 Å². The molecule has 0 atom stereocenters. The minimum atomic E-state index is 0.233. The molecule has 0 unspecified atom stereocenters. The Balaban J connectivity index is 2.26. The maximum Gasteiger partial charge on any atom is 0.115 e. The zero-order chi connectivity index (χ0) is 17.4. The molecule has 25 heavy (non-hydrogen) atoms. The van der Waals surface area contributed by atoms with Gasteiger partial charge in [0.05, 0.1) is 22.1 Å². The van der Waals surface area contributed by atoms with Gasteiger partial charge in [-0.25, -0.2) is 9.98 Å². The molecule has 4 rings (SSSR count). The molecule has 0 aliphatic heterocycles. The number of aromatic nitrogens is 2. The Hall–Kier alpha value is -3.47. The highest BCUT2D eigenvalue weighted by Gasteiger charge is 2.12. The fourth-order valence-electron chi connectivity index (χ4n) is 3.17. The van der Waals surface area contributed by atoms with Gasteiger partial charge in [-0.15, -0.1) is 0 Å². The fourth-order valence-corrected chi connectivity index (χ4v) is 3.17. The normalized spacial score (nSPS) is 12.0. The average molecular weight is 328 g/mol. The van der Waals surface area contributed by atoms with Crippen LogP contribution in [0.2, 0.25) is 0 Å². The van der Waals surface area contributed by atoms with E-state index in [1.54, 1.807) is 12.1 Å². The summed E-state index contributed by atoms with van der Waals surface area (Å²) in [6, 6.07) is 15.0. The van der Waals surface area contributed by atoms with Crippen molar-refractivity contribution in [3.05, 3.63) is 65.6 Å². The van der Waals surface area contributed by atoms with Gasteiger partial charge in [0, 0.05) is 22.5 Å². The highest BCUT2D eigenvalue weighted by Crippen LogP contribution is 2.30. The first kappa shape index (κ1) is 15.1. The van der Waals surface area contributed by atoms with E-state index in [0.717, 1.165) is 45.0 Å². The first-order valence-corrected chi connectivity index (χ1v) is 7.92. The number of aryl methyl sites for hydroxylation is 1. The van der Waals surface area contributed by atoms with Crippen molar-refractivity contribution in [1.82, 2.24) is 9.97 Å². The number of H-pyrrole nitrogens is 1. The Kier molecular flexibility index (Phi) is 3.54. The predicted octanol–water partition coefficient (Wildman–Crippen LogP) is 3.90. The smallest absolute Gasteiger partial charge is 0.115 e. The van der Waals surface area contributed by atoms with Gasteiger partial charge in [0.25, 0.3) is 0 Å². The van der Waals surface area contributed by atoms with Crippen molar-refractivity contribution < 1.29 is 5.11 Å². The molecule has 0 aliphatic carbocycles. The lowest BCUT2D eigenvalue weighted by molar-refractivity contribution is 0.475. The standard InChI is InChI=1S/C20H16N4O/c1-12-10-13(25)6-7-14(12)18-16-8-9-22-20(16)19(23-11-21)15-4-2-3-5-17(15)24-18/h2-11,21-22,25H,1H3. The van der Waals surface area contributed by atoms with Crippen molar-refractivity contribution in [2.24, 2.45) is 4.99 Å². The van der Waals surface area contributed by atoms with Crippen LogP contribution >= 0.6 is 0 Å². The second kappa shape index (κ2) is 5.87. The molecule has 2 heterocycles. The largest absolute Gasteiger partial charge is 0.508 e. The average Bonchev–Trinajstić information content (AvgIpc) is 3.03. The van der Waals surface area contributed by atoms with Gasteiger partial charge in [-0.2, -0.15) is 0 Å². The van der Waals surface area contributed by atoms with Crippen LogP contribution in [0.4, 0.5) is 0 Å². The van der Waals surface area contributed by atoms with E-state index in [1.807, 2.05) is 49.5 Å². The van der Waals surface area contributed by atoms with E-state index < -0.39 is 0 Å². The number of phenolic OH excluding ortho intramolecular Hbond substituents is 1. The number of aromatic amines is 1. The van der Waals surface area contributed by atoms with Gasteiger partial charge < -0.3 is 10.1 Å². The molecule has 0 radical (unpaired) electrons. The third-order valence-corrected chi connectivity index (χ3v) is 4.29. The van der Waals surface area contributed by atoms with Crippen LogP contribution in [0.1, 0.15) is 5.56 Å². The molecule has 0 spiro atoms. The Morgan fingerprint density at radius 2 is 1.96 bits per heavy atom. The molecular weight excluding hydrogens is 312 g/mol. The number of nitrogens with zero attached hydrogens (tertiary/aromatic N) is 2. The number of hydrogen-bond donors (Lipinski definition) is 3. The summed E-state index contributed by atoms with van der Waals surface area (Å²) in [6.07, 6.45) is 2.90. The van der Waals surface area contributed by atoms with Crippen LogP contribution in [-0.4, -0.2) is 21.4 Å². The number of benzene rings is 2. The van der Waals surface area contributed by atoms with E-state index >= 15 is 0 Å². The second-order valence-electron chi connectivity index (χ2n) is 5.85. The Morgan fingerprint density at radius 3 is 2.76 bits per heavy atom. The van der Waals surface area contributed by atoms with E-state index in [-0.39, 0.29) is 5.75 Å². The second-order valence-corrected chi connectivity index (χ2v) is 5.85. The maximum absolute atomic E-state index is 9.73. The quantitative estimate of drug-likeness (QED) is 0.385. The van der Waals surface area contributed by atoms with Crippen LogP contribution in [0, 0.1) is 12.3 Å². The SMILES string of the molecule is Cc1cc(O)ccc1-c1nc2ccccc2c(=NC=N)c2[nH]ccc12. The molecule has 0 saturated carbocycles. The number of para-hydroxylation sites is 1. The van der Waals surface area contributed by atoms with Crippen molar-refractivity contribution in [3.8, 4) is 17.0 Å². The van der Waals surface area contributed by atoms with Crippen molar-refractivity contribution in [3.63, 3.8) is 0 Å². The van der Waals surface area contributed by atoms with Gasteiger partial charge in [-0.3, -0.25) is 5.41 Å². The van der Waals surface area contributed by atoms with Crippen molar-refractivity contribution in [1.29, 1.82) is 5.41 Å². The summed E-state index contributed by atoms with van der Waals surface area (Å²) >= 11 is 0. The topological polar surface area (TPSA) is 85.1 Å². The zero-order valence-corrected chi connectivity index (χ0v) is 13.6. The van der Waals surface area contributed by atoms with Crippen molar-refractivity contribution >= 4 is 28.1 Å². The van der Waals surface area contributed by atoms with Gasteiger partial charge in [0.15, 0.2) is 0 Å². The summed E-state index contributed by atoms with van der Waals surface area (Å²) in [5.41, 5.74) is 4.34. The number of nitrogens with one attached hydrogen (secondary N) is 2. The van der Waals surface area contributed by atoms with Crippen molar-refractivity contribution in [2.75, 3.05) is 0 Å². The Labute approximate surface area is 143 Å². The van der Waals surface area contributed by atoms with Gasteiger partial charge in [-0.1, -0.05) is 18.2 Å². The molecular formula is C20H16N4O. The lowest BCUT2D eigenvalue weighted by Gasteiger charge is -2.05. The molecule has 2 aromatic heterocycles. The number of hydrogen-bond acceptors (Lipinski definition) is 3. The minimum absolute atomic E-state index is 0.233. The Bertz CT molecular complexity index is 1190. The summed E-state index contributed by atoms with van der Waals surface area (Å²) in [6.45, 7) is 1.95. The molecule has 0 amide bonds. The zero-order valence-electron chi connectivity index (χ0n) is 13.6. The molecule has 5 nitrogen and oxygen atoms in total. The number of aromatic hydroxyl groups is 1. The van der Waals surface area contributed by atoms with E-state index in [4.69, 9.17) is 10.4 Å². The summed E-state index contributed by atoms with van der Waals surface area (Å²) in [4.78, 5) is 12.4. The van der Waals surface area contributed by atoms with Crippen LogP contribution < -0.4 is 5.36 Å². The third kappa shape index (κ3) is 2.46. The molecule has 3 N–H and O–H groups in total. The monoisotopic (exact) mass is 328 g/mol. The Morgan fingerprint density at radius 1 is 1.12 bits per heavy atom. The first-order valence-electron chi connectivity index (χ1n) is 7.92. The molecule has 0 saturated heterocycles. The van der Waals surface area contributed by atoms with Gasteiger partial charge >= 0.3 is 0 Å². The molecule has 5 heteroatoms. The number of rotatable bonds is 2. The van der Waals surface area contributed by atoms with Crippen LogP contribution in [0.25, 0.3) is 33.1 Å². The lowest BCUT2D eigenvalue weighted by Crippen LogP contribution is -2.02. The highest BCUT2D eigenvalue weighted by atomic mass is 16.3. The third-order valence-electron chi connectivity index (χ3n) is 4.29. The minimum Gasteiger partial charge on any atom is -0.508 e. The summed E-state index contributed by atoms with van der Waals surface area (Å²) < 4.78 is 0. The lowest BCUT2D eigenvalue weighted by atomic mass is 10.0. The van der Waals surface area contributed by atoms with Gasteiger partial charge in [0.1, 0.15) is 12.1 Å². The molecule has 122 valence electrons. The van der Waals surface area contributed by atoms with E-state index in [1.165, 1.54) is 0 Å². The molecule has 4 aromatic rings. The molecule has 2 aromatic carbocycles. The molecule has 0 bridgehead atoms. The van der Waals surface area contributed by atoms with Gasteiger partial charge in [0.2, 0.25) is 0 Å². The van der Waals surface area contributed by atoms with Gasteiger partial charge in [-0.05, 0) is 42.8 Å². The fraction of sp³-hybridized carbons (Fsp3) is 0.0500. The maximum atomic E-state index is 9.73. The van der Waals surface area contributed by atoms with E-state index in [9.17, 15) is 5.11 Å². The van der Waals surface area contributed by atoms with Crippen LogP contribution in [-0.2, 0) is 0 Å². The number of fused-ring (bicyclic) bond motifs is 2. The molecule has 0 aliphatic rings. The summed E-state index contributed by atoms with van der Waals surface area (Å²) in [5.74, 6) is 0.233. The van der Waals surface area contributed by atoms with Crippen LogP contribution in [0.5, 0.6) is 5.75 Å². The predicted molar refractivity (Wildman–Crippen MR) is 99.8 cm³/mol. The summed E-state index contributed by atoms with van der Waals surface area (Å²) in [5, 5.41) is 19.6. The van der Waals surface area contributed by atoms with Crippen molar-refractivity contribution in [2.45, 2.75) is 6.92 Å². The number of phenols is 1. The molecule has 0 fully saturated rings. The highest BCUT2D eigenvalue weighted by molar-refractivity contribution is 5.98. The summed E-state index contributed by atoms with van der Waals surface area (Å²) in [7, 11) is 0. The van der Waals surface area contributed by atoms with E-state index in [0.29, 0.717) is 5.36 Å². The van der Waals surface area contributed by atoms with Crippen LogP contribution in [0.3, 0.4) is 0 Å².